The molecule has 3 rings (SSSR count). The maximum absolute atomic E-state index is 12.8. The summed E-state index contributed by atoms with van der Waals surface area (Å²) in [6, 6.07) is 13.7. The van der Waals surface area contributed by atoms with Crippen LogP contribution in [0.15, 0.2) is 58.4 Å². The monoisotopic (exact) mass is 354 g/mol. The molecule has 0 saturated carbocycles. The molecule has 6 heteroatoms. The van der Waals surface area contributed by atoms with Crippen molar-refractivity contribution in [3.8, 4) is 11.5 Å². The first-order valence-corrected chi connectivity index (χ1v) is 8.66. The normalized spacial score (nSPS) is 17.9. The van der Waals surface area contributed by atoms with Gasteiger partial charge < -0.3 is 10.2 Å². The molecule has 0 bridgehead atoms. The Morgan fingerprint density at radius 3 is 2.48 bits per heavy atom. The summed E-state index contributed by atoms with van der Waals surface area (Å²) in [6.45, 7) is 3.86. The lowest BCUT2D eigenvalue weighted by Crippen LogP contribution is -2.35. The summed E-state index contributed by atoms with van der Waals surface area (Å²) in [5, 5.41) is 19.9. The van der Waals surface area contributed by atoms with Crippen molar-refractivity contribution in [3.63, 3.8) is 0 Å². The molecule has 1 aliphatic rings. The van der Waals surface area contributed by atoms with Crippen molar-refractivity contribution < 1.29 is 15.0 Å². The van der Waals surface area contributed by atoms with Crippen molar-refractivity contribution in [2.24, 2.45) is 4.99 Å². The second-order valence-corrected chi connectivity index (χ2v) is 6.86. The second-order valence-electron chi connectivity index (χ2n) is 5.85. The largest absolute Gasteiger partial charge is 0.508 e. The number of nitrogens with zero attached hydrogens (tertiary/aromatic N) is 2. The molecule has 0 spiro atoms. The molecule has 2 N–H and O–H groups in total. The average molecular weight is 354 g/mol. The van der Waals surface area contributed by atoms with E-state index in [-0.39, 0.29) is 23.4 Å². The van der Waals surface area contributed by atoms with Gasteiger partial charge in [0.1, 0.15) is 11.5 Å². The summed E-state index contributed by atoms with van der Waals surface area (Å²) < 4.78 is 0. The van der Waals surface area contributed by atoms with E-state index < -0.39 is 0 Å². The number of para-hydroxylation sites is 1. The van der Waals surface area contributed by atoms with Gasteiger partial charge in [0.05, 0.1) is 10.6 Å². The standard InChI is InChI=1S/C19H18N2O3S/c1-12(2)21-18(24)17(10-13-8-9-15(22)11-16(13)23)25-19(21)20-14-6-4-3-5-7-14/h3-12,22-23H,1-2H3/b17-10+,20-19?. The Balaban J connectivity index is 1.99. The van der Waals surface area contributed by atoms with Crippen LogP contribution in [0.4, 0.5) is 5.69 Å². The minimum Gasteiger partial charge on any atom is -0.508 e. The Bertz CT molecular complexity index is 860. The van der Waals surface area contributed by atoms with Crippen molar-refractivity contribution in [2.45, 2.75) is 19.9 Å². The fraction of sp³-hybridized carbons (Fsp3) is 0.158. The maximum Gasteiger partial charge on any atom is 0.266 e. The van der Waals surface area contributed by atoms with Crippen LogP contribution in [0.2, 0.25) is 0 Å². The number of aromatic hydroxyl groups is 2. The summed E-state index contributed by atoms with van der Waals surface area (Å²) in [5.41, 5.74) is 1.25. The number of carbonyl (C=O) groups excluding carboxylic acids is 1. The van der Waals surface area contributed by atoms with Gasteiger partial charge in [0.15, 0.2) is 5.17 Å². The van der Waals surface area contributed by atoms with Gasteiger partial charge in [-0.1, -0.05) is 18.2 Å². The zero-order valence-electron chi connectivity index (χ0n) is 13.9. The van der Waals surface area contributed by atoms with Gasteiger partial charge >= 0.3 is 0 Å². The molecule has 0 atom stereocenters. The Kier molecular flexibility index (Phi) is 4.81. The molecule has 0 radical (unpaired) electrons. The van der Waals surface area contributed by atoms with Crippen LogP contribution < -0.4 is 0 Å². The Morgan fingerprint density at radius 2 is 1.84 bits per heavy atom. The minimum absolute atomic E-state index is 0.0276. The molecule has 1 fully saturated rings. The molecule has 1 saturated heterocycles. The number of hydrogen-bond donors (Lipinski definition) is 2. The molecule has 0 unspecified atom stereocenters. The highest BCUT2D eigenvalue weighted by molar-refractivity contribution is 8.18. The van der Waals surface area contributed by atoms with E-state index in [1.807, 2.05) is 44.2 Å². The number of phenols is 2. The number of carbonyl (C=O) groups is 1. The van der Waals surface area contributed by atoms with E-state index in [4.69, 9.17) is 0 Å². The molecule has 1 amide bonds. The molecule has 0 aromatic heterocycles. The van der Waals surface area contributed by atoms with Crippen LogP contribution in [0, 0.1) is 0 Å². The van der Waals surface area contributed by atoms with Crippen LogP contribution in [-0.4, -0.2) is 32.2 Å². The molecule has 25 heavy (non-hydrogen) atoms. The number of phenolic OH excluding ortho intramolecular Hbond substituents is 2. The quantitative estimate of drug-likeness (QED) is 0.814. The van der Waals surface area contributed by atoms with Gasteiger partial charge in [0.25, 0.3) is 5.91 Å². The van der Waals surface area contributed by atoms with Crippen LogP contribution in [0.3, 0.4) is 0 Å². The maximum atomic E-state index is 12.8. The summed E-state index contributed by atoms with van der Waals surface area (Å²) in [7, 11) is 0. The highest BCUT2D eigenvalue weighted by atomic mass is 32.2. The third-order valence-electron chi connectivity index (χ3n) is 3.63. The van der Waals surface area contributed by atoms with Gasteiger partial charge in [-0.2, -0.15) is 0 Å². The molecule has 1 heterocycles. The highest BCUT2D eigenvalue weighted by Gasteiger charge is 2.35. The van der Waals surface area contributed by atoms with E-state index in [9.17, 15) is 15.0 Å². The Hall–Kier alpha value is -2.73. The van der Waals surface area contributed by atoms with Gasteiger partial charge in [0.2, 0.25) is 0 Å². The van der Waals surface area contributed by atoms with Crippen molar-refractivity contribution >= 4 is 34.6 Å². The smallest absolute Gasteiger partial charge is 0.266 e. The third kappa shape index (κ3) is 3.69. The van der Waals surface area contributed by atoms with Gasteiger partial charge in [-0.05, 0) is 56.0 Å². The van der Waals surface area contributed by atoms with Crippen LogP contribution in [0.1, 0.15) is 19.4 Å². The predicted molar refractivity (Wildman–Crippen MR) is 101 cm³/mol. The first-order valence-electron chi connectivity index (χ1n) is 7.84. The number of aliphatic imine (C=N–C) groups is 1. The summed E-state index contributed by atoms with van der Waals surface area (Å²) in [6.07, 6.45) is 1.62. The predicted octanol–water partition coefficient (Wildman–Crippen LogP) is 4.11. The fourth-order valence-electron chi connectivity index (χ4n) is 2.43. The third-order valence-corrected chi connectivity index (χ3v) is 4.62. The van der Waals surface area contributed by atoms with Crippen LogP contribution in [-0.2, 0) is 4.79 Å². The SMILES string of the molecule is CC(C)N1C(=O)/C(=C\c2ccc(O)cc2O)SC1=Nc1ccccc1. The lowest BCUT2D eigenvalue weighted by Gasteiger charge is -2.19. The van der Waals surface area contributed by atoms with E-state index in [1.165, 1.54) is 23.9 Å². The summed E-state index contributed by atoms with van der Waals surface area (Å²) in [5.74, 6) is -0.257. The average Bonchev–Trinajstić information content (AvgIpc) is 2.86. The van der Waals surface area contributed by atoms with Crippen molar-refractivity contribution in [1.82, 2.24) is 4.90 Å². The van der Waals surface area contributed by atoms with E-state index in [2.05, 4.69) is 4.99 Å². The van der Waals surface area contributed by atoms with Crippen LogP contribution >= 0.6 is 11.8 Å². The van der Waals surface area contributed by atoms with Gasteiger partial charge in [-0.25, -0.2) is 4.99 Å². The summed E-state index contributed by atoms with van der Waals surface area (Å²) >= 11 is 1.27. The minimum atomic E-state index is -0.151. The summed E-state index contributed by atoms with van der Waals surface area (Å²) in [4.78, 5) is 19.5. The molecular formula is C19H18N2O3S. The van der Waals surface area contributed by atoms with Crippen molar-refractivity contribution in [3.05, 3.63) is 59.0 Å². The van der Waals surface area contributed by atoms with Gasteiger partial charge in [-0.15, -0.1) is 0 Å². The molecular weight excluding hydrogens is 336 g/mol. The molecule has 5 nitrogen and oxygen atoms in total. The zero-order chi connectivity index (χ0) is 18.0. The highest BCUT2D eigenvalue weighted by Crippen LogP contribution is 2.36. The topological polar surface area (TPSA) is 73.1 Å². The Labute approximate surface area is 150 Å². The van der Waals surface area contributed by atoms with Crippen molar-refractivity contribution in [1.29, 1.82) is 0 Å². The number of rotatable bonds is 3. The molecule has 2 aromatic rings. The number of benzene rings is 2. The molecule has 128 valence electrons. The number of thioether (sulfide) groups is 1. The number of hydrogen-bond acceptors (Lipinski definition) is 5. The fourth-order valence-corrected chi connectivity index (χ4v) is 3.54. The zero-order valence-corrected chi connectivity index (χ0v) is 14.7. The van der Waals surface area contributed by atoms with Crippen LogP contribution in [0.5, 0.6) is 11.5 Å². The lowest BCUT2D eigenvalue weighted by atomic mass is 10.1. The van der Waals surface area contributed by atoms with Gasteiger partial charge in [0, 0.05) is 17.7 Å². The van der Waals surface area contributed by atoms with Gasteiger partial charge in [-0.3, -0.25) is 9.69 Å². The van der Waals surface area contributed by atoms with Crippen LogP contribution in [0.25, 0.3) is 6.08 Å². The van der Waals surface area contributed by atoms with E-state index in [1.54, 1.807) is 17.0 Å². The Morgan fingerprint density at radius 1 is 1.12 bits per heavy atom. The molecule has 0 aliphatic carbocycles. The molecule has 2 aromatic carbocycles. The number of amides is 1. The first-order chi connectivity index (χ1) is 12.0. The molecule has 1 aliphatic heterocycles. The number of amidine groups is 1. The first kappa shape index (κ1) is 17.1. The van der Waals surface area contributed by atoms with Crippen molar-refractivity contribution in [2.75, 3.05) is 0 Å². The van der Waals surface area contributed by atoms with E-state index in [0.717, 1.165) is 5.69 Å². The van der Waals surface area contributed by atoms with E-state index >= 15 is 0 Å². The second kappa shape index (κ2) is 7.03. The van der Waals surface area contributed by atoms with E-state index in [0.29, 0.717) is 15.6 Å². The lowest BCUT2D eigenvalue weighted by molar-refractivity contribution is -0.123.